The van der Waals surface area contributed by atoms with Crippen molar-refractivity contribution >= 4 is 22.5 Å². The quantitative estimate of drug-likeness (QED) is 0.439. The highest BCUT2D eigenvalue weighted by molar-refractivity contribution is 6.63. The number of benzene rings is 1. The molecule has 74 valence electrons. The number of carbonyl (C=O) groups excluding carboxylic acids is 1. The van der Waals surface area contributed by atoms with E-state index >= 15 is 0 Å². The van der Waals surface area contributed by atoms with Gasteiger partial charge >= 0.3 is 0 Å². The molecule has 0 saturated carbocycles. The monoisotopic (exact) mass is 213 g/mol. The summed E-state index contributed by atoms with van der Waals surface area (Å²) in [5, 5.41) is 10.0. The summed E-state index contributed by atoms with van der Waals surface area (Å²) in [6.07, 6.45) is 0.0229. The number of hydrogen-bond donors (Lipinski definition) is 0. The highest BCUT2D eigenvalue weighted by atomic mass is 35.5. The van der Waals surface area contributed by atoms with Crippen LogP contribution in [0.4, 0.5) is 5.69 Å². The van der Waals surface area contributed by atoms with Gasteiger partial charge in [0.25, 0.3) is 5.69 Å². The number of nitrogens with zero attached hydrogens (tertiary/aromatic N) is 1. The van der Waals surface area contributed by atoms with Crippen molar-refractivity contribution < 1.29 is 9.72 Å². The van der Waals surface area contributed by atoms with Crippen LogP contribution in [0.2, 0.25) is 0 Å². The fourth-order valence-corrected chi connectivity index (χ4v) is 1.35. The van der Waals surface area contributed by atoms with E-state index in [4.69, 9.17) is 11.6 Å². The van der Waals surface area contributed by atoms with Crippen molar-refractivity contribution in [1.29, 1.82) is 0 Å². The highest BCUT2D eigenvalue weighted by Gasteiger charge is 2.13. The van der Waals surface area contributed by atoms with Gasteiger partial charge in [-0.15, -0.1) is 0 Å². The highest BCUT2D eigenvalue weighted by Crippen LogP contribution is 2.21. The second-order valence-electron chi connectivity index (χ2n) is 2.85. The molecule has 0 saturated heterocycles. The number of carbonyl (C=O) groups is 1. The lowest BCUT2D eigenvalue weighted by Crippen LogP contribution is -1.99. The summed E-state index contributed by atoms with van der Waals surface area (Å²) >= 11 is 5.21. The first-order valence-corrected chi connectivity index (χ1v) is 4.31. The van der Waals surface area contributed by atoms with Crippen molar-refractivity contribution in [3.8, 4) is 0 Å². The van der Waals surface area contributed by atoms with Crippen LogP contribution in [0.15, 0.2) is 18.2 Å². The maximum Gasteiger partial charge on any atom is 0.272 e. The van der Waals surface area contributed by atoms with Gasteiger partial charge in [-0.05, 0) is 24.1 Å². The van der Waals surface area contributed by atoms with Crippen LogP contribution in [0, 0.1) is 17.0 Å². The molecule has 0 radical (unpaired) electrons. The van der Waals surface area contributed by atoms with E-state index in [1.807, 2.05) is 0 Å². The van der Waals surface area contributed by atoms with Gasteiger partial charge in [0.15, 0.2) is 0 Å². The lowest BCUT2D eigenvalue weighted by atomic mass is 10.0. The Balaban J connectivity index is 3.13. The molecule has 0 bridgehead atoms. The predicted octanol–water partition coefficient (Wildman–Crippen LogP) is 2.21. The molecule has 1 rings (SSSR count). The second-order valence-corrected chi connectivity index (χ2v) is 3.27. The zero-order valence-electron chi connectivity index (χ0n) is 7.49. The number of rotatable bonds is 3. The summed E-state index contributed by atoms with van der Waals surface area (Å²) < 4.78 is 0. The van der Waals surface area contributed by atoms with E-state index < -0.39 is 10.2 Å². The van der Waals surface area contributed by atoms with E-state index in [0.717, 1.165) is 0 Å². The standard InChI is InChI=1S/C9H8ClNO3/c1-6-7(5-9(10)12)3-2-4-8(6)11(13)14/h2-4H,5H2,1H3. The first kappa shape index (κ1) is 10.7. The van der Waals surface area contributed by atoms with Gasteiger partial charge in [0, 0.05) is 18.1 Å². The maximum atomic E-state index is 10.6. The second kappa shape index (κ2) is 4.19. The predicted molar refractivity (Wildman–Crippen MR) is 52.4 cm³/mol. The zero-order chi connectivity index (χ0) is 10.7. The summed E-state index contributed by atoms with van der Waals surface area (Å²) in [4.78, 5) is 20.7. The summed E-state index contributed by atoms with van der Waals surface area (Å²) in [7, 11) is 0. The van der Waals surface area contributed by atoms with Crippen molar-refractivity contribution in [2.24, 2.45) is 0 Å². The molecule has 0 fully saturated rings. The molecule has 0 spiro atoms. The minimum absolute atomic E-state index is 0.0143. The molecule has 0 heterocycles. The third-order valence-corrected chi connectivity index (χ3v) is 2.08. The Kier molecular flexibility index (Phi) is 3.19. The molecule has 0 amide bonds. The summed E-state index contributed by atoms with van der Waals surface area (Å²) in [6.45, 7) is 1.60. The first-order valence-electron chi connectivity index (χ1n) is 3.93. The minimum atomic E-state index is -0.520. The normalized spacial score (nSPS) is 9.86. The van der Waals surface area contributed by atoms with E-state index in [0.29, 0.717) is 11.1 Å². The summed E-state index contributed by atoms with van der Waals surface area (Å²) in [5.74, 6) is 0. The molecule has 1 aromatic rings. The number of nitro groups is 1. The van der Waals surface area contributed by atoms with Crippen molar-refractivity contribution in [2.45, 2.75) is 13.3 Å². The van der Waals surface area contributed by atoms with Crippen LogP contribution in [-0.2, 0) is 11.2 Å². The first-order chi connectivity index (χ1) is 6.52. The van der Waals surface area contributed by atoms with Crippen molar-refractivity contribution in [1.82, 2.24) is 0 Å². The average Bonchev–Trinajstić information content (AvgIpc) is 2.07. The van der Waals surface area contributed by atoms with Crippen molar-refractivity contribution in [2.75, 3.05) is 0 Å². The van der Waals surface area contributed by atoms with Crippen molar-refractivity contribution in [3.63, 3.8) is 0 Å². The molecule has 14 heavy (non-hydrogen) atoms. The molecule has 0 N–H and O–H groups in total. The van der Waals surface area contributed by atoms with Crippen LogP contribution in [0.25, 0.3) is 0 Å². The topological polar surface area (TPSA) is 60.2 Å². The van der Waals surface area contributed by atoms with Crippen LogP contribution in [0.1, 0.15) is 11.1 Å². The van der Waals surface area contributed by atoms with E-state index in [1.165, 1.54) is 6.07 Å². The lowest BCUT2D eigenvalue weighted by molar-refractivity contribution is -0.385. The van der Waals surface area contributed by atoms with Gasteiger partial charge in [0.1, 0.15) is 0 Å². The molecular formula is C9H8ClNO3. The molecule has 0 aliphatic heterocycles. The molecule has 0 aliphatic carbocycles. The minimum Gasteiger partial charge on any atom is -0.281 e. The van der Waals surface area contributed by atoms with E-state index in [1.54, 1.807) is 19.1 Å². The molecule has 0 unspecified atom stereocenters. The molecule has 1 aromatic carbocycles. The van der Waals surface area contributed by atoms with Crippen molar-refractivity contribution in [3.05, 3.63) is 39.4 Å². The molecule has 0 atom stereocenters. The van der Waals surface area contributed by atoms with E-state index in [-0.39, 0.29) is 12.1 Å². The smallest absolute Gasteiger partial charge is 0.272 e. The van der Waals surface area contributed by atoms with Crippen LogP contribution < -0.4 is 0 Å². The average molecular weight is 214 g/mol. The molecule has 5 heteroatoms. The molecular weight excluding hydrogens is 206 g/mol. The molecule has 0 aromatic heterocycles. The van der Waals surface area contributed by atoms with Crippen LogP contribution in [0.3, 0.4) is 0 Å². The van der Waals surface area contributed by atoms with Gasteiger partial charge in [-0.3, -0.25) is 14.9 Å². The lowest BCUT2D eigenvalue weighted by Gasteiger charge is -2.02. The number of halogens is 1. The van der Waals surface area contributed by atoms with Gasteiger partial charge in [-0.2, -0.15) is 0 Å². The largest absolute Gasteiger partial charge is 0.281 e. The van der Waals surface area contributed by atoms with Crippen LogP contribution in [-0.4, -0.2) is 10.2 Å². The third-order valence-electron chi connectivity index (χ3n) is 1.94. The maximum absolute atomic E-state index is 10.6. The summed E-state index contributed by atoms with van der Waals surface area (Å²) in [6, 6.07) is 4.60. The Bertz CT molecular complexity index is 390. The zero-order valence-corrected chi connectivity index (χ0v) is 8.25. The Hall–Kier alpha value is -1.42. The van der Waals surface area contributed by atoms with Gasteiger partial charge < -0.3 is 0 Å². The van der Waals surface area contributed by atoms with Crippen LogP contribution >= 0.6 is 11.6 Å². The van der Waals surface area contributed by atoms with Gasteiger partial charge in [-0.1, -0.05) is 12.1 Å². The third kappa shape index (κ3) is 2.29. The van der Waals surface area contributed by atoms with Gasteiger partial charge in [0.05, 0.1) is 4.92 Å². The van der Waals surface area contributed by atoms with E-state index in [2.05, 4.69) is 0 Å². The molecule has 0 aliphatic rings. The van der Waals surface area contributed by atoms with E-state index in [9.17, 15) is 14.9 Å². The fraction of sp³-hybridized carbons (Fsp3) is 0.222. The Morgan fingerprint density at radius 3 is 2.71 bits per heavy atom. The number of hydrogen-bond acceptors (Lipinski definition) is 3. The van der Waals surface area contributed by atoms with Gasteiger partial charge in [0.2, 0.25) is 5.24 Å². The Morgan fingerprint density at radius 2 is 2.21 bits per heavy atom. The van der Waals surface area contributed by atoms with Gasteiger partial charge in [-0.25, -0.2) is 0 Å². The fourth-order valence-electron chi connectivity index (χ4n) is 1.21. The summed E-state index contributed by atoms with van der Waals surface area (Å²) in [5.41, 5.74) is 1.10. The SMILES string of the molecule is Cc1c(CC(=O)Cl)cccc1[N+](=O)[O-]. The Morgan fingerprint density at radius 1 is 1.57 bits per heavy atom. The molecule has 4 nitrogen and oxygen atoms in total. The number of nitro benzene ring substituents is 1. The Labute approximate surface area is 85.6 Å². The van der Waals surface area contributed by atoms with Crippen LogP contribution in [0.5, 0.6) is 0 Å².